The second-order valence-electron chi connectivity index (χ2n) is 2.91. The molecule has 0 radical (unpaired) electrons. The van der Waals surface area contributed by atoms with Crippen LogP contribution in [0.2, 0.25) is 0 Å². The third-order valence-corrected chi connectivity index (χ3v) is 2.12. The first-order valence-corrected chi connectivity index (χ1v) is 4.19. The van der Waals surface area contributed by atoms with Crippen LogP contribution in [-0.2, 0) is 0 Å². The van der Waals surface area contributed by atoms with Crippen LogP contribution in [0, 0.1) is 5.82 Å². The molecule has 2 nitrogen and oxygen atoms in total. The van der Waals surface area contributed by atoms with Crippen molar-refractivity contribution in [3.05, 3.63) is 29.6 Å². The SMILES string of the molecule is CN=C1CCOc2ccc(F)cc21. The maximum atomic E-state index is 12.9. The Morgan fingerprint density at radius 3 is 3.08 bits per heavy atom. The molecule has 2 rings (SSSR count). The predicted molar refractivity (Wildman–Crippen MR) is 49.0 cm³/mol. The molecule has 1 aliphatic rings. The normalized spacial score (nSPS) is 18.2. The van der Waals surface area contributed by atoms with Gasteiger partial charge in [0.2, 0.25) is 0 Å². The van der Waals surface area contributed by atoms with E-state index in [9.17, 15) is 4.39 Å². The smallest absolute Gasteiger partial charge is 0.128 e. The summed E-state index contributed by atoms with van der Waals surface area (Å²) in [5.74, 6) is 0.485. The van der Waals surface area contributed by atoms with Crippen molar-refractivity contribution in [3.63, 3.8) is 0 Å². The molecular weight excluding hydrogens is 169 g/mol. The third-order valence-electron chi connectivity index (χ3n) is 2.12. The number of aliphatic imine (C=N–C) groups is 1. The number of nitrogens with zero attached hydrogens (tertiary/aromatic N) is 1. The van der Waals surface area contributed by atoms with Gasteiger partial charge in [0.15, 0.2) is 0 Å². The van der Waals surface area contributed by atoms with Gasteiger partial charge in [-0.15, -0.1) is 0 Å². The lowest BCUT2D eigenvalue weighted by atomic mass is 10.0. The molecule has 1 aromatic carbocycles. The van der Waals surface area contributed by atoms with Gasteiger partial charge in [0.25, 0.3) is 0 Å². The summed E-state index contributed by atoms with van der Waals surface area (Å²) in [7, 11) is 1.72. The van der Waals surface area contributed by atoms with Crippen LogP contribution in [0.15, 0.2) is 23.2 Å². The average molecular weight is 179 g/mol. The van der Waals surface area contributed by atoms with E-state index in [2.05, 4.69) is 4.99 Å². The van der Waals surface area contributed by atoms with Crippen molar-refractivity contribution in [3.8, 4) is 5.75 Å². The summed E-state index contributed by atoms with van der Waals surface area (Å²) in [6, 6.07) is 4.52. The highest BCUT2D eigenvalue weighted by Gasteiger charge is 2.16. The Morgan fingerprint density at radius 1 is 1.46 bits per heavy atom. The van der Waals surface area contributed by atoms with Gasteiger partial charge in [0, 0.05) is 24.7 Å². The predicted octanol–water partition coefficient (Wildman–Crippen LogP) is 2.03. The standard InChI is InChI=1S/C10H10FNO/c1-12-9-4-5-13-10-3-2-7(11)6-8(9)10/h2-3,6H,4-5H2,1H3. The van der Waals surface area contributed by atoms with Gasteiger partial charge < -0.3 is 4.74 Å². The zero-order valence-electron chi connectivity index (χ0n) is 7.38. The topological polar surface area (TPSA) is 21.6 Å². The van der Waals surface area contributed by atoms with E-state index < -0.39 is 0 Å². The Hall–Kier alpha value is -1.38. The maximum Gasteiger partial charge on any atom is 0.128 e. The summed E-state index contributed by atoms with van der Waals surface area (Å²) < 4.78 is 18.3. The minimum absolute atomic E-state index is 0.245. The molecule has 0 atom stereocenters. The van der Waals surface area contributed by atoms with Crippen LogP contribution in [0.3, 0.4) is 0 Å². The van der Waals surface area contributed by atoms with Gasteiger partial charge in [0.1, 0.15) is 11.6 Å². The quantitative estimate of drug-likeness (QED) is 0.597. The van der Waals surface area contributed by atoms with E-state index in [1.54, 1.807) is 13.1 Å². The van der Waals surface area contributed by atoms with Gasteiger partial charge in [-0.1, -0.05) is 0 Å². The zero-order valence-corrected chi connectivity index (χ0v) is 7.38. The van der Waals surface area contributed by atoms with Crippen LogP contribution in [0.25, 0.3) is 0 Å². The monoisotopic (exact) mass is 179 g/mol. The summed E-state index contributed by atoms with van der Waals surface area (Å²) in [5, 5.41) is 0. The van der Waals surface area contributed by atoms with Crippen molar-refractivity contribution in [2.75, 3.05) is 13.7 Å². The molecule has 1 heterocycles. The molecule has 0 fully saturated rings. The fourth-order valence-electron chi connectivity index (χ4n) is 1.48. The summed E-state index contributed by atoms with van der Waals surface area (Å²) in [5.41, 5.74) is 1.70. The van der Waals surface area contributed by atoms with Crippen molar-refractivity contribution >= 4 is 5.71 Å². The van der Waals surface area contributed by atoms with Crippen molar-refractivity contribution in [1.29, 1.82) is 0 Å². The van der Waals surface area contributed by atoms with E-state index in [0.29, 0.717) is 6.61 Å². The van der Waals surface area contributed by atoms with Crippen LogP contribution < -0.4 is 4.74 Å². The minimum Gasteiger partial charge on any atom is -0.492 e. The first-order chi connectivity index (χ1) is 6.31. The molecule has 0 N–H and O–H groups in total. The second-order valence-corrected chi connectivity index (χ2v) is 2.91. The molecule has 13 heavy (non-hydrogen) atoms. The fourth-order valence-corrected chi connectivity index (χ4v) is 1.48. The molecule has 68 valence electrons. The molecular formula is C10H10FNO. The lowest BCUT2D eigenvalue weighted by Crippen LogP contribution is -2.16. The molecule has 0 aliphatic carbocycles. The molecule has 1 aromatic rings. The van der Waals surface area contributed by atoms with E-state index >= 15 is 0 Å². The Bertz CT molecular complexity index is 360. The second kappa shape index (κ2) is 3.17. The van der Waals surface area contributed by atoms with Gasteiger partial charge >= 0.3 is 0 Å². The first-order valence-electron chi connectivity index (χ1n) is 4.19. The molecule has 0 saturated heterocycles. The van der Waals surface area contributed by atoms with Crippen molar-refractivity contribution in [1.82, 2.24) is 0 Å². The number of fused-ring (bicyclic) bond motifs is 1. The molecule has 0 aromatic heterocycles. The van der Waals surface area contributed by atoms with Crippen LogP contribution in [0.4, 0.5) is 4.39 Å². The van der Waals surface area contributed by atoms with Gasteiger partial charge in [-0.05, 0) is 18.2 Å². The molecule has 0 spiro atoms. The Labute approximate surface area is 76.1 Å². The maximum absolute atomic E-state index is 12.9. The van der Waals surface area contributed by atoms with E-state index in [1.807, 2.05) is 0 Å². The molecule has 0 amide bonds. The zero-order chi connectivity index (χ0) is 9.26. The summed E-state index contributed by atoms with van der Waals surface area (Å²) in [6.45, 7) is 0.630. The first kappa shape index (κ1) is 8.23. The van der Waals surface area contributed by atoms with Crippen molar-refractivity contribution in [2.24, 2.45) is 4.99 Å². The molecule has 1 aliphatic heterocycles. The number of rotatable bonds is 0. The number of hydrogen-bond donors (Lipinski definition) is 0. The third kappa shape index (κ3) is 1.41. The Morgan fingerprint density at radius 2 is 2.31 bits per heavy atom. The highest BCUT2D eigenvalue weighted by Crippen LogP contribution is 2.25. The Balaban J connectivity index is 2.54. The fraction of sp³-hybridized carbons (Fsp3) is 0.300. The number of benzene rings is 1. The summed E-state index contributed by atoms with van der Waals surface area (Å²) in [6.07, 6.45) is 0.757. The molecule has 3 heteroatoms. The van der Waals surface area contributed by atoms with Gasteiger partial charge in [0.05, 0.1) is 6.61 Å². The average Bonchev–Trinajstić information content (AvgIpc) is 2.17. The van der Waals surface area contributed by atoms with E-state index in [4.69, 9.17) is 4.74 Å². The number of halogens is 1. The van der Waals surface area contributed by atoms with E-state index in [1.165, 1.54) is 12.1 Å². The Kier molecular flexibility index (Phi) is 2.00. The van der Waals surface area contributed by atoms with Crippen LogP contribution in [0.5, 0.6) is 5.75 Å². The minimum atomic E-state index is -0.245. The lowest BCUT2D eigenvalue weighted by molar-refractivity contribution is 0.320. The molecule has 0 saturated carbocycles. The highest BCUT2D eigenvalue weighted by atomic mass is 19.1. The highest BCUT2D eigenvalue weighted by molar-refractivity contribution is 6.03. The lowest BCUT2D eigenvalue weighted by Gasteiger charge is -2.18. The van der Waals surface area contributed by atoms with Gasteiger partial charge in [-0.25, -0.2) is 4.39 Å². The van der Waals surface area contributed by atoms with E-state index in [0.717, 1.165) is 23.4 Å². The largest absolute Gasteiger partial charge is 0.492 e. The molecule has 0 bridgehead atoms. The van der Waals surface area contributed by atoms with E-state index in [-0.39, 0.29) is 5.82 Å². The number of ether oxygens (including phenoxy) is 1. The summed E-state index contributed by atoms with van der Waals surface area (Å²) in [4.78, 5) is 4.10. The van der Waals surface area contributed by atoms with Crippen molar-refractivity contribution in [2.45, 2.75) is 6.42 Å². The van der Waals surface area contributed by atoms with Gasteiger partial charge in [-0.3, -0.25) is 4.99 Å². The van der Waals surface area contributed by atoms with Gasteiger partial charge in [-0.2, -0.15) is 0 Å². The summed E-state index contributed by atoms with van der Waals surface area (Å²) >= 11 is 0. The number of hydrogen-bond acceptors (Lipinski definition) is 2. The van der Waals surface area contributed by atoms with Crippen molar-refractivity contribution < 1.29 is 9.13 Å². The van der Waals surface area contributed by atoms with Crippen LogP contribution in [0.1, 0.15) is 12.0 Å². The van der Waals surface area contributed by atoms with Crippen LogP contribution >= 0.6 is 0 Å². The molecule has 0 unspecified atom stereocenters. The van der Waals surface area contributed by atoms with Crippen LogP contribution in [-0.4, -0.2) is 19.4 Å².